The summed E-state index contributed by atoms with van der Waals surface area (Å²) in [6.45, 7) is 4.17. The van der Waals surface area contributed by atoms with Crippen LogP contribution in [0.3, 0.4) is 0 Å². The second-order valence-electron chi connectivity index (χ2n) is 8.49. The molecule has 1 unspecified atom stereocenters. The van der Waals surface area contributed by atoms with Crippen molar-refractivity contribution in [1.29, 1.82) is 0 Å². The topological polar surface area (TPSA) is 84.2 Å². The normalized spacial score (nSPS) is 11.8. The van der Waals surface area contributed by atoms with Crippen molar-refractivity contribution in [2.24, 2.45) is 0 Å². The predicted molar refractivity (Wildman–Crippen MR) is 143 cm³/mol. The monoisotopic (exact) mass is 521 g/mol. The summed E-state index contributed by atoms with van der Waals surface area (Å²) in [4.78, 5) is 23.0. The lowest BCUT2D eigenvalue weighted by Gasteiger charge is -2.17. The Labute approximate surface area is 219 Å². The van der Waals surface area contributed by atoms with Gasteiger partial charge < -0.3 is 10.4 Å². The van der Waals surface area contributed by atoms with Crippen molar-refractivity contribution >= 4 is 35.1 Å². The van der Waals surface area contributed by atoms with Crippen LogP contribution in [0, 0.1) is 6.92 Å². The van der Waals surface area contributed by atoms with E-state index in [1.54, 1.807) is 18.2 Å². The third-order valence-electron chi connectivity index (χ3n) is 5.98. The van der Waals surface area contributed by atoms with Gasteiger partial charge in [-0.15, -0.1) is 0 Å². The van der Waals surface area contributed by atoms with Crippen LogP contribution in [0.1, 0.15) is 40.9 Å². The van der Waals surface area contributed by atoms with Gasteiger partial charge in [0.1, 0.15) is 0 Å². The first-order chi connectivity index (χ1) is 17.2. The number of halogens is 2. The van der Waals surface area contributed by atoms with Gasteiger partial charge >= 0.3 is 5.97 Å². The van der Waals surface area contributed by atoms with Crippen LogP contribution in [0.2, 0.25) is 10.0 Å². The maximum absolute atomic E-state index is 12.3. The molecule has 3 aromatic carbocycles. The molecule has 1 heterocycles. The number of hydrogen-bond acceptors (Lipinski definition) is 3. The quantitative estimate of drug-likeness (QED) is 0.272. The van der Waals surface area contributed by atoms with Crippen LogP contribution in [0.4, 0.5) is 0 Å². The van der Waals surface area contributed by atoms with E-state index in [4.69, 9.17) is 33.4 Å². The SMILES string of the molecule is Cc1c(-c2cc(Cl)cc(Cl)c2)nn(C(C)c2ccc(C(=O)NCCC(=O)O)cc2)c1-c1ccccc1. The van der Waals surface area contributed by atoms with E-state index in [9.17, 15) is 9.59 Å². The molecule has 8 heteroatoms. The smallest absolute Gasteiger partial charge is 0.305 e. The molecule has 0 saturated carbocycles. The first kappa shape index (κ1) is 25.5. The number of nitrogens with zero attached hydrogens (tertiary/aromatic N) is 2. The second-order valence-corrected chi connectivity index (χ2v) is 9.36. The van der Waals surface area contributed by atoms with Gasteiger partial charge in [0.05, 0.1) is 23.9 Å². The first-order valence-electron chi connectivity index (χ1n) is 11.5. The Morgan fingerprint density at radius 1 is 0.972 bits per heavy atom. The molecule has 0 bridgehead atoms. The number of aromatic nitrogens is 2. The largest absolute Gasteiger partial charge is 0.481 e. The summed E-state index contributed by atoms with van der Waals surface area (Å²) in [7, 11) is 0. The van der Waals surface area contributed by atoms with Gasteiger partial charge in [0.25, 0.3) is 5.91 Å². The standard InChI is InChI=1S/C28H25Cl2N3O3/c1-17-26(22-14-23(29)16-24(30)15-22)32-33(27(17)20-6-4-3-5-7-20)18(2)19-8-10-21(11-9-19)28(36)31-13-12-25(34)35/h3-11,14-16,18H,12-13H2,1-2H3,(H,31,36)(H,34,35). The highest BCUT2D eigenvalue weighted by Crippen LogP contribution is 2.36. The van der Waals surface area contributed by atoms with Crippen LogP contribution in [0.15, 0.2) is 72.8 Å². The molecular formula is C28H25Cl2N3O3. The summed E-state index contributed by atoms with van der Waals surface area (Å²) >= 11 is 12.6. The fourth-order valence-corrected chi connectivity index (χ4v) is 4.67. The van der Waals surface area contributed by atoms with E-state index in [0.29, 0.717) is 15.6 Å². The number of rotatable bonds is 8. The maximum Gasteiger partial charge on any atom is 0.305 e. The van der Waals surface area contributed by atoms with Gasteiger partial charge in [0.2, 0.25) is 0 Å². The van der Waals surface area contributed by atoms with Crippen molar-refractivity contribution in [1.82, 2.24) is 15.1 Å². The van der Waals surface area contributed by atoms with Gasteiger partial charge in [-0.05, 0) is 49.7 Å². The zero-order valence-electron chi connectivity index (χ0n) is 19.8. The molecule has 0 aliphatic heterocycles. The van der Waals surface area contributed by atoms with Crippen LogP contribution in [-0.4, -0.2) is 33.3 Å². The first-order valence-corrected chi connectivity index (χ1v) is 12.2. The molecule has 1 amide bonds. The van der Waals surface area contributed by atoms with Gasteiger partial charge in [-0.2, -0.15) is 5.10 Å². The van der Waals surface area contributed by atoms with E-state index in [1.807, 2.05) is 66.2 Å². The van der Waals surface area contributed by atoms with Crippen LogP contribution >= 0.6 is 23.2 Å². The Morgan fingerprint density at radius 3 is 2.22 bits per heavy atom. The summed E-state index contributed by atoms with van der Waals surface area (Å²) in [6.07, 6.45) is -0.123. The van der Waals surface area contributed by atoms with Crippen molar-refractivity contribution < 1.29 is 14.7 Å². The highest BCUT2D eigenvalue weighted by atomic mass is 35.5. The molecule has 6 nitrogen and oxygen atoms in total. The Hall–Kier alpha value is -3.61. The summed E-state index contributed by atoms with van der Waals surface area (Å²) < 4.78 is 1.98. The molecule has 36 heavy (non-hydrogen) atoms. The molecule has 0 spiro atoms. The summed E-state index contributed by atoms with van der Waals surface area (Å²) in [5, 5.41) is 17.4. The number of carbonyl (C=O) groups is 2. The molecule has 0 aliphatic rings. The van der Waals surface area contributed by atoms with E-state index in [2.05, 4.69) is 12.2 Å². The number of aliphatic carboxylic acids is 1. The van der Waals surface area contributed by atoms with Gasteiger partial charge in [0, 0.05) is 38.8 Å². The number of nitrogens with one attached hydrogen (secondary N) is 1. The average Bonchev–Trinajstić information content (AvgIpc) is 3.20. The van der Waals surface area contributed by atoms with Gasteiger partial charge in [0.15, 0.2) is 0 Å². The maximum atomic E-state index is 12.3. The minimum atomic E-state index is -0.956. The zero-order valence-corrected chi connectivity index (χ0v) is 21.3. The van der Waals surface area contributed by atoms with Crippen LogP contribution in [0.25, 0.3) is 22.5 Å². The molecule has 0 aliphatic carbocycles. The number of hydrogen-bond donors (Lipinski definition) is 2. The minimum Gasteiger partial charge on any atom is -0.481 e. The predicted octanol–water partition coefficient (Wildman–Crippen LogP) is 6.65. The van der Waals surface area contributed by atoms with Crippen molar-refractivity contribution in [3.8, 4) is 22.5 Å². The van der Waals surface area contributed by atoms with E-state index in [0.717, 1.165) is 33.6 Å². The number of carbonyl (C=O) groups excluding carboxylic acids is 1. The fourth-order valence-electron chi connectivity index (χ4n) is 4.15. The average molecular weight is 522 g/mol. The Morgan fingerprint density at radius 2 is 1.61 bits per heavy atom. The molecular weight excluding hydrogens is 497 g/mol. The van der Waals surface area contributed by atoms with Gasteiger partial charge in [-0.3, -0.25) is 14.3 Å². The van der Waals surface area contributed by atoms with E-state index < -0.39 is 5.97 Å². The molecule has 0 radical (unpaired) electrons. The molecule has 1 atom stereocenters. The summed E-state index contributed by atoms with van der Waals surface area (Å²) in [6, 6.07) is 22.5. The lowest BCUT2D eigenvalue weighted by atomic mass is 10.0. The summed E-state index contributed by atoms with van der Waals surface area (Å²) in [5.74, 6) is -1.27. The molecule has 1 aromatic heterocycles. The van der Waals surface area contributed by atoms with Gasteiger partial charge in [-0.25, -0.2) is 0 Å². The third kappa shape index (κ3) is 5.61. The molecule has 2 N–H and O–H groups in total. The van der Waals surface area contributed by atoms with Crippen molar-refractivity contribution in [2.75, 3.05) is 6.54 Å². The second kappa shape index (κ2) is 11.0. The zero-order chi connectivity index (χ0) is 25.8. The van der Waals surface area contributed by atoms with Crippen LogP contribution in [-0.2, 0) is 4.79 Å². The Bertz CT molecular complexity index is 1380. The Balaban J connectivity index is 1.71. The lowest BCUT2D eigenvalue weighted by molar-refractivity contribution is -0.136. The number of carboxylic acid groups (broad SMARTS) is 1. The van der Waals surface area contributed by atoms with Crippen molar-refractivity contribution in [3.63, 3.8) is 0 Å². The molecule has 4 aromatic rings. The third-order valence-corrected chi connectivity index (χ3v) is 6.41. The van der Waals surface area contributed by atoms with E-state index in [-0.39, 0.29) is 24.9 Å². The molecule has 0 fully saturated rings. The van der Waals surface area contributed by atoms with Crippen LogP contribution < -0.4 is 5.32 Å². The van der Waals surface area contributed by atoms with E-state index >= 15 is 0 Å². The van der Waals surface area contributed by atoms with E-state index in [1.165, 1.54) is 0 Å². The Kier molecular flexibility index (Phi) is 7.77. The fraction of sp³-hybridized carbons (Fsp3) is 0.179. The van der Waals surface area contributed by atoms with Gasteiger partial charge in [-0.1, -0.05) is 65.7 Å². The molecule has 0 saturated heterocycles. The molecule has 4 rings (SSSR count). The number of carboxylic acids is 1. The lowest BCUT2D eigenvalue weighted by Crippen LogP contribution is -2.26. The highest BCUT2D eigenvalue weighted by Gasteiger charge is 2.22. The van der Waals surface area contributed by atoms with Crippen molar-refractivity contribution in [2.45, 2.75) is 26.3 Å². The minimum absolute atomic E-state index is 0.0790. The summed E-state index contributed by atoms with van der Waals surface area (Å²) in [5.41, 5.74) is 6.06. The molecule has 184 valence electrons. The van der Waals surface area contributed by atoms with Crippen LogP contribution in [0.5, 0.6) is 0 Å². The number of benzene rings is 3. The number of amides is 1. The van der Waals surface area contributed by atoms with Crippen molar-refractivity contribution in [3.05, 3.63) is 99.5 Å². The highest BCUT2D eigenvalue weighted by molar-refractivity contribution is 6.35.